The number of ether oxygens (including phenoxy) is 1. The number of hydrogen-bond donors (Lipinski definition) is 2. The van der Waals surface area contributed by atoms with Gasteiger partial charge in [0.1, 0.15) is 5.75 Å². The van der Waals surface area contributed by atoms with Crippen molar-refractivity contribution >= 4 is 33.0 Å². The lowest BCUT2D eigenvalue weighted by Crippen LogP contribution is -2.31. The summed E-state index contributed by atoms with van der Waals surface area (Å²) in [5.74, 6) is -1.22. The number of carbonyl (C=O) groups is 1. The predicted molar refractivity (Wildman–Crippen MR) is 77.4 cm³/mol. The second-order valence-electron chi connectivity index (χ2n) is 4.15. The van der Waals surface area contributed by atoms with Crippen LogP contribution in [0.5, 0.6) is 0 Å². The molecule has 6 nitrogen and oxygen atoms in total. The molecule has 0 atom stereocenters. The maximum atomic E-state index is 12.1. The number of amides is 1. The van der Waals surface area contributed by atoms with Gasteiger partial charge < -0.3 is 15.8 Å². The van der Waals surface area contributed by atoms with Gasteiger partial charge in [-0.25, -0.2) is 8.42 Å². The number of anilines is 1. The van der Waals surface area contributed by atoms with Crippen LogP contribution in [0.4, 0.5) is 5.69 Å². The minimum atomic E-state index is -3.78. The number of benzene rings is 1. The van der Waals surface area contributed by atoms with Gasteiger partial charge in [0.25, 0.3) is 0 Å². The molecule has 0 saturated carbocycles. The van der Waals surface area contributed by atoms with E-state index >= 15 is 0 Å². The molecule has 0 heterocycles. The van der Waals surface area contributed by atoms with Crippen LogP contribution < -0.4 is 11.1 Å². The zero-order valence-electron chi connectivity index (χ0n) is 11.1. The van der Waals surface area contributed by atoms with Crippen molar-refractivity contribution in [2.75, 3.05) is 31.7 Å². The highest BCUT2D eigenvalue weighted by Crippen LogP contribution is 2.24. The number of methoxy groups -OCH3 is 1. The molecule has 0 radical (unpaired) electrons. The van der Waals surface area contributed by atoms with Crippen molar-refractivity contribution in [3.63, 3.8) is 0 Å². The summed E-state index contributed by atoms with van der Waals surface area (Å²) in [5.41, 5.74) is 5.86. The number of carbonyl (C=O) groups excluding carboxylic acids is 1. The lowest BCUT2D eigenvalue weighted by molar-refractivity contribution is -0.118. The third kappa shape index (κ3) is 4.99. The Morgan fingerprint density at radius 2 is 2.15 bits per heavy atom. The smallest absolute Gasteiger partial charge is 0.235 e. The van der Waals surface area contributed by atoms with Gasteiger partial charge in [-0.05, 0) is 24.6 Å². The molecule has 8 heteroatoms. The molecular formula is C12H17ClN2O4S. The first-order valence-electron chi connectivity index (χ1n) is 5.90. The Hall–Kier alpha value is -1.31. The lowest BCUT2D eigenvalue weighted by Gasteiger charge is -2.08. The highest BCUT2D eigenvalue weighted by molar-refractivity contribution is 7.92. The minimum absolute atomic E-state index is 0.0113. The van der Waals surface area contributed by atoms with Crippen LogP contribution in [0.15, 0.2) is 23.1 Å². The van der Waals surface area contributed by atoms with Crippen LogP contribution in [0.25, 0.3) is 0 Å². The molecule has 0 bridgehead atoms. The summed E-state index contributed by atoms with van der Waals surface area (Å²) in [6.07, 6.45) is 0.616. The van der Waals surface area contributed by atoms with Gasteiger partial charge in [0.15, 0.2) is 9.84 Å². The predicted octanol–water partition coefficient (Wildman–Crippen LogP) is 0.849. The average Bonchev–Trinajstić information content (AvgIpc) is 2.33. The van der Waals surface area contributed by atoms with E-state index in [-0.39, 0.29) is 9.92 Å². The van der Waals surface area contributed by atoms with Crippen LogP contribution in [0, 0.1) is 0 Å². The zero-order valence-corrected chi connectivity index (χ0v) is 12.6. The second kappa shape index (κ2) is 7.47. The molecule has 0 saturated heterocycles. The van der Waals surface area contributed by atoms with Crippen molar-refractivity contribution in [2.45, 2.75) is 11.3 Å². The Balaban J connectivity index is 2.67. The molecule has 20 heavy (non-hydrogen) atoms. The molecule has 0 unspecified atom stereocenters. The highest BCUT2D eigenvalue weighted by atomic mass is 35.5. The SMILES string of the molecule is COCCCNC(=O)CS(=O)(=O)c1ccc(N)cc1Cl. The first kappa shape index (κ1) is 16.7. The fraction of sp³-hybridized carbons (Fsp3) is 0.417. The molecule has 1 aromatic rings. The second-order valence-corrected chi connectivity index (χ2v) is 6.51. The van der Waals surface area contributed by atoms with Gasteiger partial charge in [0.05, 0.1) is 9.92 Å². The van der Waals surface area contributed by atoms with E-state index in [0.717, 1.165) is 0 Å². The number of nitrogen functional groups attached to an aromatic ring is 1. The molecule has 0 aliphatic heterocycles. The monoisotopic (exact) mass is 320 g/mol. The minimum Gasteiger partial charge on any atom is -0.399 e. The van der Waals surface area contributed by atoms with E-state index in [0.29, 0.717) is 25.3 Å². The number of halogens is 1. The third-order valence-corrected chi connectivity index (χ3v) is 4.55. The Morgan fingerprint density at radius 3 is 2.75 bits per heavy atom. The molecule has 1 aromatic carbocycles. The molecule has 0 spiro atoms. The summed E-state index contributed by atoms with van der Waals surface area (Å²) in [6, 6.07) is 4.06. The fourth-order valence-electron chi connectivity index (χ4n) is 1.51. The van der Waals surface area contributed by atoms with Crippen LogP contribution in [-0.2, 0) is 19.4 Å². The van der Waals surface area contributed by atoms with Crippen molar-refractivity contribution in [3.05, 3.63) is 23.2 Å². The highest BCUT2D eigenvalue weighted by Gasteiger charge is 2.21. The van der Waals surface area contributed by atoms with Crippen LogP contribution in [0.1, 0.15) is 6.42 Å². The van der Waals surface area contributed by atoms with Crippen molar-refractivity contribution in [3.8, 4) is 0 Å². The van der Waals surface area contributed by atoms with Crippen LogP contribution in [-0.4, -0.2) is 40.3 Å². The van der Waals surface area contributed by atoms with E-state index in [2.05, 4.69) is 5.32 Å². The summed E-state index contributed by atoms with van der Waals surface area (Å²) in [5, 5.41) is 2.52. The van der Waals surface area contributed by atoms with E-state index < -0.39 is 21.5 Å². The van der Waals surface area contributed by atoms with E-state index in [4.69, 9.17) is 22.1 Å². The maximum absolute atomic E-state index is 12.1. The molecule has 0 aromatic heterocycles. The Bertz CT molecular complexity index is 575. The molecule has 0 fully saturated rings. The van der Waals surface area contributed by atoms with Gasteiger partial charge in [-0.1, -0.05) is 11.6 Å². The number of nitrogens with two attached hydrogens (primary N) is 1. The molecule has 0 aliphatic carbocycles. The van der Waals surface area contributed by atoms with Gasteiger partial charge in [-0.15, -0.1) is 0 Å². The molecule has 3 N–H and O–H groups in total. The average molecular weight is 321 g/mol. The fourth-order valence-corrected chi connectivity index (χ4v) is 3.29. The summed E-state index contributed by atoms with van der Waals surface area (Å²) >= 11 is 5.84. The zero-order chi connectivity index (χ0) is 15.2. The van der Waals surface area contributed by atoms with E-state index in [9.17, 15) is 13.2 Å². The van der Waals surface area contributed by atoms with Gasteiger partial charge in [0.2, 0.25) is 5.91 Å². The normalized spacial score (nSPS) is 11.3. The van der Waals surface area contributed by atoms with E-state index in [1.165, 1.54) is 18.2 Å². The van der Waals surface area contributed by atoms with Gasteiger partial charge >= 0.3 is 0 Å². The largest absolute Gasteiger partial charge is 0.399 e. The molecule has 1 rings (SSSR count). The van der Waals surface area contributed by atoms with Crippen molar-refractivity contribution in [2.24, 2.45) is 0 Å². The first-order valence-corrected chi connectivity index (χ1v) is 7.93. The third-order valence-electron chi connectivity index (χ3n) is 2.46. The number of nitrogens with one attached hydrogen (secondary N) is 1. The summed E-state index contributed by atoms with van der Waals surface area (Å²) < 4.78 is 28.9. The van der Waals surface area contributed by atoms with Crippen molar-refractivity contribution in [1.29, 1.82) is 0 Å². The molecule has 112 valence electrons. The van der Waals surface area contributed by atoms with Crippen LogP contribution in [0.2, 0.25) is 5.02 Å². The summed E-state index contributed by atoms with van der Waals surface area (Å²) in [6.45, 7) is 0.856. The first-order chi connectivity index (χ1) is 9.36. The van der Waals surface area contributed by atoms with Gasteiger partial charge in [-0.2, -0.15) is 0 Å². The number of sulfone groups is 1. The van der Waals surface area contributed by atoms with Crippen LogP contribution in [0.3, 0.4) is 0 Å². The lowest BCUT2D eigenvalue weighted by atomic mass is 10.3. The molecule has 1 amide bonds. The summed E-state index contributed by atoms with van der Waals surface area (Å²) in [4.78, 5) is 11.5. The van der Waals surface area contributed by atoms with Gasteiger partial charge in [-0.3, -0.25) is 4.79 Å². The summed E-state index contributed by atoms with van der Waals surface area (Å²) in [7, 11) is -2.23. The van der Waals surface area contributed by atoms with Crippen LogP contribution >= 0.6 is 11.6 Å². The Labute approximate surface area is 123 Å². The van der Waals surface area contributed by atoms with Gasteiger partial charge in [0, 0.05) is 25.9 Å². The number of hydrogen-bond acceptors (Lipinski definition) is 5. The van der Waals surface area contributed by atoms with Crippen molar-refractivity contribution < 1.29 is 17.9 Å². The van der Waals surface area contributed by atoms with E-state index in [1.807, 2.05) is 0 Å². The number of rotatable bonds is 7. The maximum Gasteiger partial charge on any atom is 0.235 e. The topological polar surface area (TPSA) is 98.5 Å². The molecular weight excluding hydrogens is 304 g/mol. The standard InChI is InChI=1S/C12H17ClN2O4S/c1-19-6-2-5-15-12(16)8-20(17,18)11-4-3-9(14)7-10(11)13/h3-4,7H,2,5-6,8,14H2,1H3,(H,15,16). The Morgan fingerprint density at radius 1 is 1.45 bits per heavy atom. The van der Waals surface area contributed by atoms with Crippen molar-refractivity contribution in [1.82, 2.24) is 5.32 Å². The quantitative estimate of drug-likeness (QED) is 0.573. The van der Waals surface area contributed by atoms with E-state index in [1.54, 1.807) is 7.11 Å². The Kier molecular flexibility index (Phi) is 6.25. The molecule has 0 aliphatic rings.